The molecule has 1 saturated heterocycles. The number of hydrogen-bond donors (Lipinski definition) is 1. The standard InChI is InChI=1S/C15H21N3O/c19-15(17-14-3-4-14)13-2-1-9-18(11-13)10-12-5-7-16-8-6-12/h5-8,13-14H,1-4,9-11H2,(H,17,19). The number of piperidine rings is 1. The van der Waals surface area contributed by atoms with Crippen LogP contribution < -0.4 is 5.32 Å². The molecule has 3 rings (SSSR count). The zero-order valence-corrected chi connectivity index (χ0v) is 11.2. The molecule has 4 heteroatoms. The van der Waals surface area contributed by atoms with Crippen molar-refractivity contribution in [1.29, 1.82) is 0 Å². The lowest BCUT2D eigenvalue weighted by molar-refractivity contribution is -0.126. The van der Waals surface area contributed by atoms with Gasteiger partial charge < -0.3 is 5.32 Å². The summed E-state index contributed by atoms with van der Waals surface area (Å²) >= 11 is 0. The lowest BCUT2D eigenvalue weighted by Gasteiger charge is -2.32. The number of rotatable bonds is 4. The molecular formula is C15H21N3O. The largest absolute Gasteiger partial charge is 0.353 e. The number of nitrogens with one attached hydrogen (secondary N) is 1. The lowest BCUT2D eigenvalue weighted by atomic mass is 9.96. The number of likely N-dealkylation sites (tertiary alicyclic amines) is 1. The SMILES string of the molecule is O=C(NC1CC1)C1CCCN(Cc2ccncc2)C1. The van der Waals surface area contributed by atoms with Gasteiger partial charge in [-0.3, -0.25) is 14.7 Å². The van der Waals surface area contributed by atoms with Gasteiger partial charge in [-0.15, -0.1) is 0 Å². The van der Waals surface area contributed by atoms with Crippen LogP contribution in [0.3, 0.4) is 0 Å². The molecule has 1 unspecified atom stereocenters. The molecule has 1 atom stereocenters. The van der Waals surface area contributed by atoms with Gasteiger partial charge >= 0.3 is 0 Å². The summed E-state index contributed by atoms with van der Waals surface area (Å²) in [4.78, 5) is 18.5. The molecule has 1 amide bonds. The van der Waals surface area contributed by atoms with Crippen LogP contribution in [0.4, 0.5) is 0 Å². The molecule has 1 aliphatic carbocycles. The van der Waals surface area contributed by atoms with E-state index >= 15 is 0 Å². The summed E-state index contributed by atoms with van der Waals surface area (Å²) in [6.07, 6.45) is 8.14. The third-order valence-electron chi connectivity index (χ3n) is 3.96. The fourth-order valence-corrected chi connectivity index (χ4v) is 2.71. The summed E-state index contributed by atoms with van der Waals surface area (Å²) in [5, 5.41) is 3.13. The van der Waals surface area contributed by atoms with Gasteiger partial charge in [-0.1, -0.05) is 0 Å². The molecule has 0 spiro atoms. The average molecular weight is 259 g/mol. The topological polar surface area (TPSA) is 45.2 Å². The first kappa shape index (κ1) is 12.6. The Morgan fingerprint density at radius 1 is 1.32 bits per heavy atom. The van der Waals surface area contributed by atoms with Crippen molar-refractivity contribution in [3.05, 3.63) is 30.1 Å². The van der Waals surface area contributed by atoms with E-state index in [0.29, 0.717) is 6.04 Å². The lowest BCUT2D eigenvalue weighted by Crippen LogP contribution is -2.43. The first-order valence-corrected chi connectivity index (χ1v) is 7.23. The molecule has 1 aromatic heterocycles. The first-order chi connectivity index (χ1) is 9.31. The number of hydrogen-bond acceptors (Lipinski definition) is 3. The van der Waals surface area contributed by atoms with Gasteiger partial charge in [-0.2, -0.15) is 0 Å². The second kappa shape index (κ2) is 5.70. The van der Waals surface area contributed by atoms with Gasteiger partial charge in [0.2, 0.25) is 5.91 Å². The Morgan fingerprint density at radius 3 is 2.84 bits per heavy atom. The van der Waals surface area contributed by atoms with Crippen LogP contribution in [-0.2, 0) is 11.3 Å². The van der Waals surface area contributed by atoms with E-state index in [2.05, 4.69) is 15.2 Å². The highest BCUT2D eigenvalue weighted by Crippen LogP contribution is 2.22. The van der Waals surface area contributed by atoms with Gasteiger partial charge in [0.25, 0.3) is 0 Å². The molecule has 2 heterocycles. The quantitative estimate of drug-likeness (QED) is 0.892. The van der Waals surface area contributed by atoms with Crippen molar-refractivity contribution in [2.45, 2.75) is 38.3 Å². The van der Waals surface area contributed by atoms with E-state index < -0.39 is 0 Å². The Bertz CT molecular complexity index is 430. The number of nitrogens with zero attached hydrogens (tertiary/aromatic N) is 2. The Kier molecular flexibility index (Phi) is 3.78. The maximum absolute atomic E-state index is 12.1. The van der Waals surface area contributed by atoms with E-state index in [1.165, 1.54) is 18.4 Å². The van der Waals surface area contributed by atoms with Crippen molar-refractivity contribution in [2.75, 3.05) is 13.1 Å². The van der Waals surface area contributed by atoms with Crippen LogP contribution in [0.15, 0.2) is 24.5 Å². The molecule has 0 bridgehead atoms. The zero-order chi connectivity index (χ0) is 13.1. The van der Waals surface area contributed by atoms with Crippen LogP contribution in [0.1, 0.15) is 31.2 Å². The first-order valence-electron chi connectivity index (χ1n) is 7.23. The summed E-state index contributed by atoms with van der Waals surface area (Å²) in [6, 6.07) is 4.57. The van der Waals surface area contributed by atoms with Crippen LogP contribution in [0, 0.1) is 5.92 Å². The van der Waals surface area contributed by atoms with Crippen molar-refractivity contribution >= 4 is 5.91 Å². The normalized spacial score (nSPS) is 24.1. The summed E-state index contributed by atoms with van der Waals surface area (Å²) in [5.74, 6) is 0.443. The predicted molar refractivity (Wildman–Crippen MR) is 73.4 cm³/mol. The maximum Gasteiger partial charge on any atom is 0.224 e. The molecule has 1 aliphatic heterocycles. The molecular weight excluding hydrogens is 238 g/mol. The van der Waals surface area contributed by atoms with Gasteiger partial charge in [-0.05, 0) is 49.9 Å². The Balaban J connectivity index is 1.53. The number of carbonyl (C=O) groups excluding carboxylic acids is 1. The van der Waals surface area contributed by atoms with E-state index in [-0.39, 0.29) is 11.8 Å². The fraction of sp³-hybridized carbons (Fsp3) is 0.600. The maximum atomic E-state index is 12.1. The molecule has 19 heavy (non-hydrogen) atoms. The molecule has 0 radical (unpaired) electrons. The number of pyridine rings is 1. The summed E-state index contributed by atoms with van der Waals surface area (Å²) in [7, 11) is 0. The van der Waals surface area contributed by atoms with E-state index in [4.69, 9.17) is 0 Å². The minimum absolute atomic E-state index is 0.177. The van der Waals surface area contributed by atoms with E-state index in [1.807, 2.05) is 24.5 Å². The minimum Gasteiger partial charge on any atom is -0.353 e. The third-order valence-corrected chi connectivity index (χ3v) is 3.96. The molecule has 1 saturated carbocycles. The van der Waals surface area contributed by atoms with Gasteiger partial charge in [0, 0.05) is 31.5 Å². The minimum atomic E-state index is 0.177. The molecule has 102 valence electrons. The highest BCUT2D eigenvalue weighted by Gasteiger charge is 2.30. The Labute approximate surface area is 114 Å². The summed E-state index contributed by atoms with van der Waals surface area (Å²) in [6.45, 7) is 2.91. The van der Waals surface area contributed by atoms with Gasteiger partial charge in [0.15, 0.2) is 0 Å². The van der Waals surface area contributed by atoms with Gasteiger partial charge in [0.05, 0.1) is 5.92 Å². The monoisotopic (exact) mass is 259 g/mol. The van der Waals surface area contributed by atoms with Gasteiger partial charge in [-0.25, -0.2) is 0 Å². The molecule has 2 aliphatic rings. The van der Waals surface area contributed by atoms with Crippen LogP contribution in [-0.4, -0.2) is 34.9 Å². The molecule has 4 nitrogen and oxygen atoms in total. The fourth-order valence-electron chi connectivity index (χ4n) is 2.71. The Hall–Kier alpha value is -1.42. The third kappa shape index (κ3) is 3.53. The highest BCUT2D eigenvalue weighted by molar-refractivity contribution is 5.79. The summed E-state index contributed by atoms with van der Waals surface area (Å²) in [5.41, 5.74) is 1.28. The number of amides is 1. The molecule has 0 aromatic carbocycles. The highest BCUT2D eigenvalue weighted by atomic mass is 16.2. The van der Waals surface area contributed by atoms with E-state index in [0.717, 1.165) is 32.5 Å². The molecule has 1 aromatic rings. The zero-order valence-electron chi connectivity index (χ0n) is 11.2. The van der Waals surface area contributed by atoms with Crippen LogP contribution >= 0.6 is 0 Å². The van der Waals surface area contributed by atoms with Crippen molar-refractivity contribution < 1.29 is 4.79 Å². The second-order valence-corrected chi connectivity index (χ2v) is 5.71. The van der Waals surface area contributed by atoms with Gasteiger partial charge in [0.1, 0.15) is 0 Å². The van der Waals surface area contributed by atoms with Crippen LogP contribution in [0.25, 0.3) is 0 Å². The van der Waals surface area contributed by atoms with Crippen LogP contribution in [0.2, 0.25) is 0 Å². The van der Waals surface area contributed by atoms with Crippen molar-refractivity contribution in [2.24, 2.45) is 5.92 Å². The van der Waals surface area contributed by atoms with E-state index in [9.17, 15) is 4.79 Å². The number of carbonyl (C=O) groups is 1. The molecule has 1 N–H and O–H groups in total. The predicted octanol–water partition coefficient (Wildman–Crippen LogP) is 1.57. The van der Waals surface area contributed by atoms with Crippen molar-refractivity contribution in [3.8, 4) is 0 Å². The second-order valence-electron chi connectivity index (χ2n) is 5.71. The van der Waals surface area contributed by atoms with E-state index in [1.54, 1.807) is 0 Å². The molecule has 2 fully saturated rings. The number of aromatic nitrogens is 1. The smallest absolute Gasteiger partial charge is 0.224 e. The Morgan fingerprint density at radius 2 is 2.11 bits per heavy atom. The summed E-state index contributed by atoms with van der Waals surface area (Å²) < 4.78 is 0. The van der Waals surface area contributed by atoms with Crippen molar-refractivity contribution in [3.63, 3.8) is 0 Å². The van der Waals surface area contributed by atoms with Crippen LogP contribution in [0.5, 0.6) is 0 Å². The van der Waals surface area contributed by atoms with Crippen molar-refractivity contribution in [1.82, 2.24) is 15.2 Å². The average Bonchev–Trinajstić information content (AvgIpc) is 3.24.